The molecule has 124 valence electrons. The van der Waals surface area contributed by atoms with Crippen LogP contribution < -0.4 is 4.74 Å². The maximum atomic E-state index is 13.5. The van der Waals surface area contributed by atoms with Gasteiger partial charge in [-0.1, -0.05) is 17.3 Å². The van der Waals surface area contributed by atoms with Crippen LogP contribution in [0.25, 0.3) is 0 Å². The van der Waals surface area contributed by atoms with Crippen LogP contribution in [0, 0.1) is 5.82 Å². The summed E-state index contributed by atoms with van der Waals surface area (Å²) < 4.78 is 24.2. The number of methoxy groups -OCH3 is 1. The Balaban J connectivity index is 1.99. The van der Waals surface area contributed by atoms with E-state index in [1.165, 1.54) is 26.4 Å². The number of halogens is 1. The van der Waals surface area contributed by atoms with E-state index < -0.39 is 17.9 Å². The van der Waals surface area contributed by atoms with Gasteiger partial charge in [-0.25, -0.2) is 9.18 Å². The average Bonchev–Trinajstić information content (AvgIpc) is 2.61. The van der Waals surface area contributed by atoms with Gasteiger partial charge in [0, 0.05) is 18.1 Å². The third-order valence-corrected chi connectivity index (χ3v) is 3.78. The number of benzene rings is 2. The molecule has 0 N–H and O–H groups in total. The van der Waals surface area contributed by atoms with Crippen LogP contribution in [0.4, 0.5) is 4.39 Å². The highest BCUT2D eigenvalue weighted by Gasteiger charge is 2.27. The number of fused-ring (bicyclic) bond motifs is 1. The Morgan fingerprint density at radius 2 is 2.08 bits per heavy atom. The van der Waals surface area contributed by atoms with Gasteiger partial charge in [-0.2, -0.15) is 0 Å². The summed E-state index contributed by atoms with van der Waals surface area (Å²) in [6.07, 6.45) is 0.0368. The van der Waals surface area contributed by atoms with Crippen LogP contribution in [0.15, 0.2) is 47.6 Å². The van der Waals surface area contributed by atoms with Gasteiger partial charge in [0.05, 0.1) is 18.4 Å². The van der Waals surface area contributed by atoms with Crippen LogP contribution in [-0.4, -0.2) is 25.9 Å². The van der Waals surface area contributed by atoms with Crippen LogP contribution in [-0.2, 0) is 9.57 Å². The van der Waals surface area contributed by atoms with Gasteiger partial charge in [0.2, 0.25) is 0 Å². The summed E-state index contributed by atoms with van der Waals surface area (Å²) >= 11 is 0. The minimum absolute atomic E-state index is 0.394. The van der Waals surface area contributed by atoms with Gasteiger partial charge in [-0.05, 0) is 29.8 Å². The van der Waals surface area contributed by atoms with Gasteiger partial charge in [0.25, 0.3) is 0 Å². The summed E-state index contributed by atoms with van der Waals surface area (Å²) in [5.74, 6) is -0.426. The molecule has 1 heterocycles. The monoisotopic (exact) mass is 329 g/mol. The number of esters is 1. The van der Waals surface area contributed by atoms with E-state index in [-0.39, 0.29) is 0 Å². The lowest BCUT2D eigenvalue weighted by Crippen LogP contribution is -2.21. The second kappa shape index (κ2) is 6.70. The van der Waals surface area contributed by atoms with E-state index >= 15 is 0 Å². The van der Waals surface area contributed by atoms with Crippen molar-refractivity contribution in [3.8, 4) is 5.75 Å². The fraction of sp³-hybridized carbons (Fsp3) is 0.222. The van der Waals surface area contributed by atoms with E-state index in [0.717, 1.165) is 5.56 Å². The van der Waals surface area contributed by atoms with Crippen molar-refractivity contribution < 1.29 is 23.5 Å². The summed E-state index contributed by atoms with van der Waals surface area (Å²) in [4.78, 5) is 16.6. The summed E-state index contributed by atoms with van der Waals surface area (Å²) in [6, 6.07) is 11.2. The van der Waals surface area contributed by atoms with Crippen LogP contribution in [0.1, 0.15) is 34.0 Å². The van der Waals surface area contributed by atoms with Gasteiger partial charge >= 0.3 is 5.97 Å². The van der Waals surface area contributed by atoms with E-state index in [1.54, 1.807) is 24.3 Å². The number of ether oxygens (including phenoxy) is 2. The van der Waals surface area contributed by atoms with Crippen LogP contribution >= 0.6 is 0 Å². The van der Waals surface area contributed by atoms with Gasteiger partial charge in [0.1, 0.15) is 24.8 Å². The zero-order valence-corrected chi connectivity index (χ0v) is 13.3. The summed E-state index contributed by atoms with van der Waals surface area (Å²) in [7, 11) is 2.78. The Morgan fingerprint density at radius 1 is 1.25 bits per heavy atom. The molecule has 1 aliphatic rings. The molecule has 0 aromatic heterocycles. The van der Waals surface area contributed by atoms with Crippen molar-refractivity contribution in [3.05, 3.63) is 65.0 Å². The van der Waals surface area contributed by atoms with Crippen molar-refractivity contribution >= 4 is 11.7 Å². The Hall–Kier alpha value is -2.89. The number of carbonyl (C=O) groups is 1. The van der Waals surface area contributed by atoms with Crippen LogP contribution in [0.3, 0.4) is 0 Å². The molecular weight excluding hydrogens is 313 g/mol. The second-order valence-electron chi connectivity index (χ2n) is 5.29. The van der Waals surface area contributed by atoms with Gasteiger partial charge < -0.3 is 14.3 Å². The van der Waals surface area contributed by atoms with Crippen molar-refractivity contribution in [2.24, 2.45) is 5.16 Å². The minimum atomic E-state index is -0.426. The van der Waals surface area contributed by atoms with Crippen molar-refractivity contribution in [3.63, 3.8) is 0 Å². The zero-order chi connectivity index (χ0) is 17.1. The molecule has 1 aliphatic heterocycles. The van der Waals surface area contributed by atoms with Gasteiger partial charge in [-0.3, -0.25) is 0 Å². The summed E-state index contributed by atoms with van der Waals surface area (Å²) in [5.41, 5.74) is 2.55. The lowest BCUT2D eigenvalue weighted by molar-refractivity contribution is 0.0600. The molecule has 0 radical (unpaired) electrons. The molecule has 0 saturated heterocycles. The Kier molecular flexibility index (Phi) is 4.46. The number of rotatable bonds is 3. The first-order valence-electron chi connectivity index (χ1n) is 7.37. The molecule has 0 spiro atoms. The molecular formula is C18H16FNO4. The lowest BCUT2D eigenvalue weighted by atomic mass is 9.95. The predicted molar refractivity (Wildman–Crippen MR) is 85.7 cm³/mol. The maximum Gasteiger partial charge on any atom is 0.337 e. The van der Waals surface area contributed by atoms with E-state index in [2.05, 4.69) is 5.16 Å². The van der Waals surface area contributed by atoms with E-state index in [1.807, 2.05) is 6.07 Å². The first-order chi connectivity index (χ1) is 11.6. The number of hydrogen-bond donors (Lipinski definition) is 0. The highest BCUT2D eigenvalue weighted by atomic mass is 19.1. The number of carbonyl (C=O) groups excluding carboxylic acids is 1. The van der Waals surface area contributed by atoms with Crippen molar-refractivity contribution in [2.75, 3.05) is 14.2 Å². The fourth-order valence-electron chi connectivity index (χ4n) is 2.68. The number of nitrogens with zero attached hydrogens (tertiary/aromatic N) is 1. The third-order valence-electron chi connectivity index (χ3n) is 3.78. The van der Waals surface area contributed by atoms with Crippen LogP contribution in [0.2, 0.25) is 0 Å². The zero-order valence-electron chi connectivity index (χ0n) is 13.3. The molecule has 6 heteroatoms. The van der Waals surface area contributed by atoms with E-state index in [9.17, 15) is 9.18 Å². The highest BCUT2D eigenvalue weighted by Crippen LogP contribution is 2.36. The number of hydrogen-bond acceptors (Lipinski definition) is 5. The first-order valence-corrected chi connectivity index (χ1v) is 7.37. The van der Waals surface area contributed by atoms with Crippen molar-refractivity contribution in [2.45, 2.75) is 12.5 Å². The minimum Gasteiger partial charge on any atom is -0.485 e. The average molecular weight is 329 g/mol. The molecule has 0 fully saturated rings. The normalized spacial score (nSPS) is 17.8. The quantitative estimate of drug-likeness (QED) is 0.639. The lowest BCUT2D eigenvalue weighted by Gasteiger charge is -2.27. The first kappa shape index (κ1) is 16.0. The Labute approximate surface area is 138 Å². The molecule has 1 atom stereocenters. The third kappa shape index (κ3) is 3.08. The van der Waals surface area contributed by atoms with Gasteiger partial charge in [-0.15, -0.1) is 0 Å². The van der Waals surface area contributed by atoms with E-state index in [4.69, 9.17) is 14.3 Å². The molecule has 1 unspecified atom stereocenters. The SMILES string of the molecule is CON=C1CC(c2cccc(C(=O)OC)c2)Oc2cc(F)ccc21. The topological polar surface area (TPSA) is 57.1 Å². The molecule has 2 aromatic rings. The van der Waals surface area contributed by atoms with Crippen LogP contribution in [0.5, 0.6) is 5.75 Å². The second-order valence-corrected chi connectivity index (χ2v) is 5.29. The Morgan fingerprint density at radius 3 is 2.83 bits per heavy atom. The van der Waals surface area contributed by atoms with Gasteiger partial charge in [0.15, 0.2) is 0 Å². The highest BCUT2D eigenvalue weighted by molar-refractivity contribution is 6.03. The molecule has 0 bridgehead atoms. The fourth-order valence-corrected chi connectivity index (χ4v) is 2.68. The molecule has 2 aromatic carbocycles. The molecule has 24 heavy (non-hydrogen) atoms. The molecule has 0 saturated carbocycles. The molecule has 0 amide bonds. The largest absolute Gasteiger partial charge is 0.485 e. The molecule has 3 rings (SSSR count). The van der Waals surface area contributed by atoms with Crippen molar-refractivity contribution in [1.82, 2.24) is 0 Å². The standard InChI is InChI=1S/C18H16FNO4/c1-22-18(21)12-5-3-4-11(8-12)16-10-15(20-23-2)14-7-6-13(19)9-17(14)24-16/h3-9,16H,10H2,1-2H3. The Bertz CT molecular complexity index is 803. The van der Waals surface area contributed by atoms with E-state index in [0.29, 0.717) is 29.0 Å². The smallest absolute Gasteiger partial charge is 0.337 e. The maximum absolute atomic E-state index is 13.5. The summed E-state index contributed by atoms with van der Waals surface area (Å²) in [6.45, 7) is 0. The number of oxime groups is 1. The summed E-state index contributed by atoms with van der Waals surface area (Å²) in [5, 5.41) is 4.03. The molecule has 0 aliphatic carbocycles. The van der Waals surface area contributed by atoms with Crippen molar-refractivity contribution in [1.29, 1.82) is 0 Å². The predicted octanol–water partition coefficient (Wildman–Crippen LogP) is 3.49. The molecule has 5 nitrogen and oxygen atoms in total.